The molecule has 0 saturated carbocycles. The van der Waals surface area contributed by atoms with E-state index in [0.29, 0.717) is 0 Å². The molecule has 0 amide bonds. The van der Waals surface area contributed by atoms with Gasteiger partial charge in [-0.3, -0.25) is 0 Å². The number of carboxylic acid groups (broad SMARTS) is 2. The summed E-state index contributed by atoms with van der Waals surface area (Å²) in [4.78, 5) is 21.6. The minimum Gasteiger partial charge on any atom is -0.478 e. The molecule has 0 aromatic heterocycles. The van der Waals surface area contributed by atoms with E-state index in [0.717, 1.165) is 6.07 Å². The SMILES string of the molecule is O=C(O)c1ccc(C#CCCO)c(C(=O)O)c1. The Morgan fingerprint density at radius 1 is 1.18 bits per heavy atom. The fourth-order valence-electron chi connectivity index (χ4n) is 1.18. The lowest BCUT2D eigenvalue weighted by molar-refractivity contribution is 0.0695. The molecule has 0 saturated heterocycles. The molecule has 0 aliphatic carbocycles. The first-order valence-electron chi connectivity index (χ1n) is 4.76. The third-order valence-corrected chi connectivity index (χ3v) is 1.96. The summed E-state index contributed by atoms with van der Waals surface area (Å²) in [5.41, 5.74) is -0.0265. The van der Waals surface area contributed by atoms with Crippen LogP contribution in [0.5, 0.6) is 0 Å². The first-order valence-corrected chi connectivity index (χ1v) is 4.76. The van der Waals surface area contributed by atoms with Crippen molar-refractivity contribution in [2.75, 3.05) is 6.61 Å². The van der Waals surface area contributed by atoms with E-state index in [-0.39, 0.29) is 29.7 Å². The van der Waals surface area contributed by atoms with Crippen LogP contribution in [0.15, 0.2) is 18.2 Å². The number of benzene rings is 1. The summed E-state index contributed by atoms with van der Waals surface area (Å²) >= 11 is 0. The second kappa shape index (κ2) is 5.68. The zero-order valence-electron chi connectivity index (χ0n) is 8.80. The molecule has 1 rings (SSSR count). The van der Waals surface area contributed by atoms with Crippen molar-refractivity contribution < 1.29 is 24.9 Å². The van der Waals surface area contributed by atoms with Crippen molar-refractivity contribution in [2.24, 2.45) is 0 Å². The Hall–Kier alpha value is -2.32. The minimum absolute atomic E-state index is 0.102. The maximum absolute atomic E-state index is 10.9. The number of carboxylic acids is 2. The van der Waals surface area contributed by atoms with Gasteiger partial charge in [-0.25, -0.2) is 9.59 Å². The van der Waals surface area contributed by atoms with Crippen molar-refractivity contribution in [3.63, 3.8) is 0 Å². The van der Waals surface area contributed by atoms with Gasteiger partial charge in [0.15, 0.2) is 0 Å². The van der Waals surface area contributed by atoms with Crippen molar-refractivity contribution in [3.05, 3.63) is 34.9 Å². The number of aromatic carboxylic acids is 2. The van der Waals surface area contributed by atoms with Gasteiger partial charge in [-0.1, -0.05) is 11.8 Å². The maximum atomic E-state index is 10.9. The molecule has 88 valence electrons. The van der Waals surface area contributed by atoms with Gasteiger partial charge in [0.05, 0.1) is 17.7 Å². The van der Waals surface area contributed by atoms with Crippen LogP contribution in [0, 0.1) is 11.8 Å². The lowest BCUT2D eigenvalue weighted by atomic mass is 10.0. The van der Waals surface area contributed by atoms with Gasteiger partial charge in [0.1, 0.15) is 0 Å². The Morgan fingerprint density at radius 2 is 1.88 bits per heavy atom. The van der Waals surface area contributed by atoms with Crippen LogP contribution in [0.1, 0.15) is 32.7 Å². The van der Waals surface area contributed by atoms with Crippen LogP contribution in [-0.4, -0.2) is 33.9 Å². The van der Waals surface area contributed by atoms with Crippen molar-refractivity contribution in [1.29, 1.82) is 0 Å². The number of hydrogen-bond donors (Lipinski definition) is 3. The molecule has 0 aliphatic rings. The van der Waals surface area contributed by atoms with E-state index < -0.39 is 11.9 Å². The normalized spacial score (nSPS) is 9.24. The number of hydrogen-bond acceptors (Lipinski definition) is 3. The van der Waals surface area contributed by atoms with E-state index in [9.17, 15) is 9.59 Å². The number of aliphatic hydroxyl groups is 1. The largest absolute Gasteiger partial charge is 0.478 e. The topological polar surface area (TPSA) is 94.8 Å². The molecule has 0 atom stereocenters. The first kappa shape index (κ1) is 12.7. The summed E-state index contributed by atoms with van der Waals surface area (Å²) in [7, 11) is 0. The highest BCUT2D eigenvalue weighted by Gasteiger charge is 2.12. The van der Waals surface area contributed by atoms with E-state index in [1.165, 1.54) is 12.1 Å². The molecule has 0 spiro atoms. The molecule has 5 heteroatoms. The lowest BCUT2D eigenvalue weighted by Gasteiger charge is -2.01. The van der Waals surface area contributed by atoms with Crippen LogP contribution in [0.25, 0.3) is 0 Å². The summed E-state index contributed by atoms with van der Waals surface area (Å²) in [6.45, 7) is -0.109. The van der Waals surface area contributed by atoms with Crippen molar-refractivity contribution in [3.8, 4) is 11.8 Å². The number of carbonyl (C=O) groups is 2. The highest BCUT2D eigenvalue weighted by atomic mass is 16.4. The number of aliphatic hydroxyl groups excluding tert-OH is 1. The Labute approximate surface area is 97.3 Å². The third kappa shape index (κ3) is 3.33. The predicted molar refractivity (Wildman–Crippen MR) is 58.9 cm³/mol. The average molecular weight is 234 g/mol. The van der Waals surface area contributed by atoms with Crippen molar-refractivity contribution in [1.82, 2.24) is 0 Å². The molecule has 0 heterocycles. The molecule has 0 aliphatic heterocycles. The Balaban J connectivity index is 3.19. The fraction of sp³-hybridized carbons (Fsp3) is 0.167. The molecule has 0 unspecified atom stereocenters. The Morgan fingerprint density at radius 3 is 2.41 bits per heavy atom. The number of rotatable bonds is 3. The van der Waals surface area contributed by atoms with E-state index in [4.69, 9.17) is 15.3 Å². The highest BCUT2D eigenvalue weighted by Crippen LogP contribution is 2.11. The highest BCUT2D eigenvalue weighted by molar-refractivity contribution is 5.95. The summed E-state index contributed by atoms with van der Waals surface area (Å²) in [5, 5.41) is 26.2. The van der Waals surface area contributed by atoms with E-state index in [2.05, 4.69) is 11.8 Å². The molecule has 3 N–H and O–H groups in total. The van der Waals surface area contributed by atoms with Gasteiger partial charge in [0.2, 0.25) is 0 Å². The van der Waals surface area contributed by atoms with Crippen LogP contribution in [0.4, 0.5) is 0 Å². The molecular formula is C12H10O5. The van der Waals surface area contributed by atoms with Crippen LogP contribution in [0.2, 0.25) is 0 Å². The first-order chi connectivity index (χ1) is 8.06. The Bertz CT molecular complexity index is 507. The van der Waals surface area contributed by atoms with Gasteiger partial charge in [-0.2, -0.15) is 0 Å². The molecule has 0 radical (unpaired) electrons. The fourth-order valence-corrected chi connectivity index (χ4v) is 1.18. The van der Waals surface area contributed by atoms with Crippen molar-refractivity contribution in [2.45, 2.75) is 6.42 Å². The van der Waals surface area contributed by atoms with Gasteiger partial charge < -0.3 is 15.3 Å². The molecule has 17 heavy (non-hydrogen) atoms. The molecule has 0 fully saturated rings. The monoisotopic (exact) mass is 234 g/mol. The Kier molecular flexibility index (Phi) is 4.26. The summed E-state index contributed by atoms with van der Waals surface area (Å²) in [6, 6.07) is 3.70. The van der Waals surface area contributed by atoms with E-state index in [1.807, 2.05) is 0 Å². The second-order valence-corrected chi connectivity index (χ2v) is 3.15. The summed E-state index contributed by atoms with van der Waals surface area (Å²) in [6.07, 6.45) is 0.236. The molecule has 0 bridgehead atoms. The van der Waals surface area contributed by atoms with Gasteiger partial charge in [0, 0.05) is 12.0 Å². The minimum atomic E-state index is -1.23. The average Bonchev–Trinajstić information content (AvgIpc) is 2.29. The van der Waals surface area contributed by atoms with E-state index in [1.54, 1.807) is 0 Å². The maximum Gasteiger partial charge on any atom is 0.336 e. The second-order valence-electron chi connectivity index (χ2n) is 3.15. The van der Waals surface area contributed by atoms with Crippen LogP contribution < -0.4 is 0 Å². The van der Waals surface area contributed by atoms with Crippen LogP contribution in [-0.2, 0) is 0 Å². The molecular weight excluding hydrogens is 224 g/mol. The smallest absolute Gasteiger partial charge is 0.336 e. The quantitative estimate of drug-likeness (QED) is 0.673. The van der Waals surface area contributed by atoms with E-state index >= 15 is 0 Å². The molecule has 5 nitrogen and oxygen atoms in total. The standard InChI is InChI=1S/C12H10O5/c13-6-2-1-3-8-4-5-9(11(14)15)7-10(8)12(16)17/h4-5,7,13H,2,6H2,(H,14,15)(H,16,17). The van der Waals surface area contributed by atoms with Crippen LogP contribution >= 0.6 is 0 Å². The summed E-state index contributed by atoms with van der Waals surface area (Å²) < 4.78 is 0. The zero-order valence-corrected chi connectivity index (χ0v) is 8.80. The lowest BCUT2D eigenvalue weighted by Crippen LogP contribution is -2.04. The van der Waals surface area contributed by atoms with Gasteiger partial charge in [-0.05, 0) is 18.2 Å². The molecule has 1 aromatic rings. The predicted octanol–water partition coefficient (Wildman–Crippen LogP) is 0.817. The van der Waals surface area contributed by atoms with Crippen LogP contribution in [0.3, 0.4) is 0 Å². The summed E-state index contributed by atoms with van der Waals surface area (Å²) in [5.74, 6) is 2.74. The van der Waals surface area contributed by atoms with Gasteiger partial charge >= 0.3 is 11.9 Å². The van der Waals surface area contributed by atoms with Crippen molar-refractivity contribution >= 4 is 11.9 Å². The third-order valence-electron chi connectivity index (χ3n) is 1.96. The van der Waals surface area contributed by atoms with Gasteiger partial charge in [-0.15, -0.1) is 0 Å². The zero-order chi connectivity index (χ0) is 12.8. The molecule has 1 aromatic carbocycles. The van der Waals surface area contributed by atoms with Gasteiger partial charge in [0.25, 0.3) is 0 Å².